The fourth-order valence-electron chi connectivity index (χ4n) is 5.37. The molecule has 4 saturated carbocycles. The quantitative estimate of drug-likeness (QED) is 0.819. The summed E-state index contributed by atoms with van der Waals surface area (Å²) in [6.45, 7) is 3.87. The van der Waals surface area contributed by atoms with Crippen LogP contribution in [0, 0.1) is 29.1 Å². The predicted octanol–water partition coefficient (Wildman–Crippen LogP) is 2.82. The van der Waals surface area contributed by atoms with Crippen molar-refractivity contribution in [3.05, 3.63) is 0 Å². The second-order valence-electron chi connectivity index (χ2n) is 7.87. The molecule has 0 heterocycles. The van der Waals surface area contributed by atoms with Gasteiger partial charge in [-0.3, -0.25) is 4.79 Å². The average Bonchev–Trinajstić information content (AvgIpc) is 2.41. The fraction of sp³-hybridized carbons (Fsp3) is 0.882. The summed E-state index contributed by atoms with van der Waals surface area (Å²) in [4.78, 5) is 24.3. The maximum absolute atomic E-state index is 12.9. The molecule has 4 heteroatoms. The second kappa shape index (κ2) is 5.29. The van der Waals surface area contributed by atoms with Crippen molar-refractivity contribution in [1.29, 1.82) is 0 Å². The molecule has 4 aliphatic carbocycles. The lowest BCUT2D eigenvalue weighted by Crippen LogP contribution is -2.57. The summed E-state index contributed by atoms with van der Waals surface area (Å²) in [5, 5.41) is 12.3. The Hall–Kier alpha value is -1.06. The highest BCUT2D eigenvalue weighted by molar-refractivity contribution is 5.88. The number of rotatable bonds is 5. The number of carboxylic acids is 1. The molecule has 2 N–H and O–H groups in total. The smallest absolute Gasteiger partial charge is 0.326 e. The molecule has 4 aliphatic rings. The van der Waals surface area contributed by atoms with Gasteiger partial charge in [0.25, 0.3) is 0 Å². The third-order valence-corrected chi connectivity index (χ3v) is 6.29. The van der Waals surface area contributed by atoms with E-state index in [-0.39, 0.29) is 17.2 Å². The predicted molar refractivity (Wildman–Crippen MR) is 79.6 cm³/mol. The van der Waals surface area contributed by atoms with Crippen molar-refractivity contribution in [2.24, 2.45) is 29.1 Å². The van der Waals surface area contributed by atoms with Gasteiger partial charge >= 0.3 is 5.97 Å². The lowest BCUT2D eigenvalue weighted by atomic mass is 9.49. The van der Waals surface area contributed by atoms with Crippen LogP contribution in [0.4, 0.5) is 0 Å². The van der Waals surface area contributed by atoms with Crippen LogP contribution in [0.15, 0.2) is 0 Å². The minimum Gasteiger partial charge on any atom is -0.480 e. The molecule has 0 aromatic heterocycles. The molecule has 0 aromatic carbocycles. The zero-order valence-electron chi connectivity index (χ0n) is 13.1. The number of hydrogen-bond donors (Lipinski definition) is 2. The third-order valence-electron chi connectivity index (χ3n) is 6.29. The van der Waals surface area contributed by atoms with E-state index < -0.39 is 12.0 Å². The minimum absolute atomic E-state index is 0.0225. The van der Waals surface area contributed by atoms with Crippen molar-refractivity contribution in [2.45, 2.75) is 64.8 Å². The zero-order chi connectivity index (χ0) is 15.2. The lowest BCUT2D eigenvalue weighted by Gasteiger charge is -2.55. The molecular weight excluding hydrogens is 266 g/mol. The zero-order valence-corrected chi connectivity index (χ0v) is 13.1. The van der Waals surface area contributed by atoms with Crippen LogP contribution in [0.5, 0.6) is 0 Å². The van der Waals surface area contributed by atoms with Crippen LogP contribution in [-0.2, 0) is 9.59 Å². The van der Waals surface area contributed by atoms with Gasteiger partial charge in [-0.25, -0.2) is 4.79 Å². The highest BCUT2D eigenvalue weighted by atomic mass is 16.4. The molecule has 4 rings (SSSR count). The van der Waals surface area contributed by atoms with Crippen molar-refractivity contribution >= 4 is 11.9 Å². The van der Waals surface area contributed by atoms with E-state index >= 15 is 0 Å². The summed E-state index contributed by atoms with van der Waals surface area (Å²) in [7, 11) is 0. The topological polar surface area (TPSA) is 66.4 Å². The van der Waals surface area contributed by atoms with E-state index in [2.05, 4.69) is 5.32 Å². The number of aliphatic carboxylic acids is 1. The van der Waals surface area contributed by atoms with Crippen LogP contribution in [0.1, 0.15) is 58.8 Å². The lowest BCUT2D eigenvalue weighted by molar-refractivity contribution is -0.152. The Bertz CT molecular complexity index is 410. The Kier molecular flexibility index (Phi) is 3.74. The number of nitrogens with one attached hydrogen (secondary N) is 1. The molecule has 0 radical (unpaired) electrons. The largest absolute Gasteiger partial charge is 0.480 e. The van der Waals surface area contributed by atoms with E-state index in [1.165, 1.54) is 19.3 Å². The normalized spacial score (nSPS) is 39.8. The molecule has 0 saturated heterocycles. The molecule has 0 aliphatic heterocycles. The third kappa shape index (κ3) is 2.58. The molecule has 4 fully saturated rings. The summed E-state index contributed by atoms with van der Waals surface area (Å²) in [5.41, 5.74) is -0.254. The second-order valence-corrected chi connectivity index (χ2v) is 7.87. The van der Waals surface area contributed by atoms with E-state index in [4.69, 9.17) is 0 Å². The summed E-state index contributed by atoms with van der Waals surface area (Å²) in [6.07, 6.45) is 7.59. The molecule has 21 heavy (non-hydrogen) atoms. The van der Waals surface area contributed by atoms with Crippen LogP contribution < -0.4 is 5.32 Å². The van der Waals surface area contributed by atoms with Gasteiger partial charge in [-0.05, 0) is 62.2 Å². The SMILES string of the molecule is CC[C@H](C)[C@H](NC(=O)C12CC3CC(CC(C3)C1)C2)C(=O)O. The van der Waals surface area contributed by atoms with Gasteiger partial charge in [-0.2, -0.15) is 0 Å². The number of hydrogen-bond acceptors (Lipinski definition) is 2. The van der Waals surface area contributed by atoms with E-state index in [0.29, 0.717) is 17.8 Å². The van der Waals surface area contributed by atoms with E-state index in [9.17, 15) is 14.7 Å². The molecule has 4 bridgehead atoms. The van der Waals surface area contributed by atoms with Crippen molar-refractivity contribution in [1.82, 2.24) is 5.32 Å². The maximum Gasteiger partial charge on any atom is 0.326 e. The van der Waals surface area contributed by atoms with Gasteiger partial charge in [0.1, 0.15) is 6.04 Å². The summed E-state index contributed by atoms with van der Waals surface area (Å²) < 4.78 is 0. The Morgan fingerprint density at radius 2 is 1.62 bits per heavy atom. The van der Waals surface area contributed by atoms with Crippen LogP contribution in [0.2, 0.25) is 0 Å². The first-order chi connectivity index (χ1) is 9.93. The number of amides is 1. The van der Waals surface area contributed by atoms with Gasteiger partial charge in [0.05, 0.1) is 0 Å². The minimum atomic E-state index is -0.901. The summed E-state index contributed by atoms with van der Waals surface area (Å²) >= 11 is 0. The van der Waals surface area contributed by atoms with Crippen molar-refractivity contribution < 1.29 is 14.7 Å². The van der Waals surface area contributed by atoms with E-state index in [0.717, 1.165) is 25.7 Å². The molecule has 0 aromatic rings. The van der Waals surface area contributed by atoms with E-state index in [1.807, 2.05) is 13.8 Å². The van der Waals surface area contributed by atoms with Crippen molar-refractivity contribution in [3.63, 3.8) is 0 Å². The highest BCUT2D eigenvalue weighted by Crippen LogP contribution is 2.60. The summed E-state index contributed by atoms with van der Waals surface area (Å²) in [5.74, 6) is 1.20. The molecule has 4 nitrogen and oxygen atoms in total. The molecule has 118 valence electrons. The number of carbonyl (C=O) groups excluding carboxylic acids is 1. The highest BCUT2D eigenvalue weighted by Gasteiger charge is 2.55. The molecule has 1 amide bonds. The molecule has 0 spiro atoms. The standard InChI is InChI=1S/C17H27NO3/c1-3-10(2)14(15(19)20)18-16(21)17-7-11-4-12(8-17)6-13(5-11)9-17/h10-14H,3-9H2,1-2H3,(H,18,21)(H,19,20)/t10-,11?,12?,13?,14-,17?/m0/s1. The van der Waals surface area contributed by atoms with Crippen molar-refractivity contribution in [3.8, 4) is 0 Å². The Morgan fingerprint density at radius 1 is 1.14 bits per heavy atom. The number of carbonyl (C=O) groups is 2. The van der Waals surface area contributed by atoms with Crippen molar-refractivity contribution in [2.75, 3.05) is 0 Å². The average molecular weight is 293 g/mol. The molecular formula is C17H27NO3. The first-order valence-electron chi connectivity index (χ1n) is 8.47. The molecule has 0 unspecified atom stereocenters. The Labute approximate surface area is 126 Å². The first-order valence-corrected chi connectivity index (χ1v) is 8.47. The monoisotopic (exact) mass is 293 g/mol. The molecule has 2 atom stereocenters. The van der Waals surface area contributed by atoms with Crippen LogP contribution in [-0.4, -0.2) is 23.0 Å². The van der Waals surface area contributed by atoms with Gasteiger partial charge < -0.3 is 10.4 Å². The van der Waals surface area contributed by atoms with Gasteiger partial charge in [-0.15, -0.1) is 0 Å². The van der Waals surface area contributed by atoms with Gasteiger partial charge in [-0.1, -0.05) is 20.3 Å². The van der Waals surface area contributed by atoms with E-state index in [1.54, 1.807) is 0 Å². The van der Waals surface area contributed by atoms with Gasteiger partial charge in [0.15, 0.2) is 0 Å². The fourth-order valence-corrected chi connectivity index (χ4v) is 5.37. The van der Waals surface area contributed by atoms with Crippen LogP contribution >= 0.6 is 0 Å². The first kappa shape index (κ1) is 14.9. The Balaban J connectivity index is 1.74. The number of carboxylic acid groups (broad SMARTS) is 1. The Morgan fingerprint density at radius 3 is 2.00 bits per heavy atom. The van der Waals surface area contributed by atoms with Gasteiger partial charge in [0.2, 0.25) is 5.91 Å². The van der Waals surface area contributed by atoms with Crippen LogP contribution in [0.25, 0.3) is 0 Å². The van der Waals surface area contributed by atoms with Gasteiger partial charge in [0, 0.05) is 5.41 Å². The maximum atomic E-state index is 12.9. The summed E-state index contributed by atoms with van der Waals surface area (Å²) in [6, 6.07) is -0.740. The van der Waals surface area contributed by atoms with Crippen LogP contribution in [0.3, 0.4) is 0 Å².